The molecule has 0 unspecified atom stereocenters. The van der Waals surface area contributed by atoms with Crippen LogP contribution in [0.2, 0.25) is 0 Å². The van der Waals surface area contributed by atoms with Crippen LogP contribution in [-0.2, 0) is 6.54 Å². The Morgan fingerprint density at radius 2 is 2.12 bits per heavy atom. The fourth-order valence-electron chi connectivity index (χ4n) is 4.16. The number of carboxylic acid groups (broad SMARTS) is 1. The van der Waals surface area contributed by atoms with E-state index < -0.39 is 5.97 Å². The molecule has 4 rings (SSSR count). The Hall–Kier alpha value is -1.76. The Labute approximate surface area is 150 Å². The van der Waals surface area contributed by atoms with Crippen molar-refractivity contribution in [2.24, 2.45) is 11.8 Å². The molecule has 5 nitrogen and oxygen atoms in total. The van der Waals surface area contributed by atoms with Crippen molar-refractivity contribution in [3.8, 4) is 10.6 Å². The lowest BCUT2D eigenvalue weighted by Crippen LogP contribution is -2.26. The minimum atomic E-state index is -0.916. The van der Waals surface area contributed by atoms with Crippen LogP contribution in [0.25, 0.3) is 10.6 Å². The second-order valence-corrected chi connectivity index (χ2v) is 8.07. The Balaban J connectivity index is 1.44. The summed E-state index contributed by atoms with van der Waals surface area (Å²) >= 11 is 1.56. The SMILES string of the molecule is O=C(O)c1cccc(-c2nc(CN3C[C@H]4CC[C@@H](O)C[C@H]4C3)cs2)c1. The van der Waals surface area contributed by atoms with Gasteiger partial charge in [-0.3, -0.25) is 4.90 Å². The molecule has 0 bridgehead atoms. The normalized spacial score (nSPS) is 26.5. The molecule has 1 saturated carbocycles. The molecule has 25 heavy (non-hydrogen) atoms. The number of thiazole rings is 1. The first-order chi connectivity index (χ1) is 12.1. The van der Waals surface area contributed by atoms with E-state index in [2.05, 4.69) is 10.3 Å². The van der Waals surface area contributed by atoms with E-state index in [0.717, 1.165) is 55.2 Å². The summed E-state index contributed by atoms with van der Waals surface area (Å²) in [6, 6.07) is 6.94. The maximum absolute atomic E-state index is 11.1. The maximum atomic E-state index is 11.1. The number of aliphatic hydroxyl groups is 1. The molecule has 2 aliphatic rings. The van der Waals surface area contributed by atoms with Gasteiger partial charge in [-0.2, -0.15) is 0 Å². The number of benzene rings is 1. The highest BCUT2D eigenvalue weighted by molar-refractivity contribution is 7.13. The molecule has 0 spiro atoms. The molecule has 2 aromatic rings. The third-order valence-electron chi connectivity index (χ3n) is 5.39. The van der Waals surface area contributed by atoms with Gasteiger partial charge in [-0.05, 0) is 43.2 Å². The van der Waals surface area contributed by atoms with Crippen LogP contribution >= 0.6 is 11.3 Å². The van der Waals surface area contributed by atoms with Crippen LogP contribution in [0.5, 0.6) is 0 Å². The molecule has 1 aromatic heterocycles. The fourth-order valence-corrected chi connectivity index (χ4v) is 4.97. The van der Waals surface area contributed by atoms with Crippen LogP contribution in [0.15, 0.2) is 29.6 Å². The maximum Gasteiger partial charge on any atom is 0.335 e. The molecule has 2 fully saturated rings. The van der Waals surface area contributed by atoms with E-state index in [-0.39, 0.29) is 11.7 Å². The van der Waals surface area contributed by atoms with Crippen molar-refractivity contribution in [1.82, 2.24) is 9.88 Å². The van der Waals surface area contributed by atoms with Gasteiger partial charge >= 0.3 is 5.97 Å². The number of likely N-dealkylation sites (tertiary alicyclic amines) is 1. The molecule has 1 aliphatic carbocycles. The third-order valence-corrected chi connectivity index (χ3v) is 6.33. The summed E-state index contributed by atoms with van der Waals surface area (Å²) in [6.07, 6.45) is 2.89. The van der Waals surface area contributed by atoms with Gasteiger partial charge in [0.15, 0.2) is 0 Å². The van der Waals surface area contributed by atoms with Crippen LogP contribution in [0.4, 0.5) is 0 Å². The summed E-state index contributed by atoms with van der Waals surface area (Å²) < 4.78 is 0. The van der Waals surface area contributed by atoms with Crippen molar-refractivity contribution in [2.45, 2.75) is 31.9 Å². The topological polar surface area (TPSA) is 73.7 Å². The van der Waals surface area contributed by atoms with Crippen LogP contribution in [-0.4, -0.2) is 45.3 Å². The van der Waals surface area contributed by atoms with Crippen molar-refractivity contribution in [3.05, 3.63) is 40.9 Å². The summed E-state index contributed by atoms with van der Waals surface area (Å²) in [7, 11) is 0. The van der Waals surface area contributed by atoms with Gasteiger partial charge in [0.25, 0.3) is 0 Å². The number of fused-ring (bicyclic) bond motifs is 1. The number of hydrogen-bond donors (Lipinski definition) is 2. The molecule has 0 amide bonds. The average molecular weight is 358 g/mol. The Kier molecular flexibility index (Phi) is 4.58. The molecule has 132 valence electrons. The molecule has 2 heterocycles. The Morgan fingerprint density at radius 3 is 2.96 bits per heavy atom. The second-order valence-electron chi connectivity index (χ2n) is 7.21. The number of carbonyl (C=O) groups is 1. The van der Waals surface area contributed by atoms with Gasteiger partial charge in [0, 0.05) is 30.6 Å². The number of nitrogens with zero attached hydrogens (tertiary/aromatic N) is 2. The predicted octanol–water partition coefficient (Wildman–Crippen LogP) is 3.10. The minimum absolute atomic E-state index is 0.117. The van der Waals surface area contributed by atoms with E-state index in [4.69, 9.17) is 10.1 Å². The van der Waals surface area contributed by atoms with E-state index in [1.807, 2.05) is 6.07 Å². The quantitative estimate of drug-likeness (QED) is 0.878. The Bertz CT molecular complexity index is 776. The van der Waals surface area contributed by atoms with Gasteiger partial charge in [0.1, 0.15) is 5.01 Å². The molecule has 3 atom stereocenters. The van der Waals surface area contributed by atoms with Gasteiger partial charge in [0.2, 0.25) is 0 Å². The summed E-state index contributed by atoms with van der Waals surface area (Å²) in [6.45, 7) is 2.97. The molecule has 1 saturated heterocycles. The summed E-state index contributed by atoms with van der Waals surface area (Å²) in [4.78, 5) is 18.3. The largest absolute Gasteiger partial charge is 0.478 e. The number of aliphatic hydroxyl groups excluding tert-OH is 1. The lowest BCUT2D eigenvalue weighted by molar-refractivity contribution is 0.0697. The zero-order valence-corrected chi connectivity index (χ0v) is 14.8. The van der Waals surface area contributed by atoms with E-state index >= 15 is 0 Å². The van der Waals surface area contributed by atoms with E-state index in [1.165, 1.54) is 0 Å². The fraction of sp³-hybridized carbons (Fsp3) is 0.474. The van der Waals surface area contributed by atoms with E-state index in [9.17, 15) is 9.90 Å². The average Bonchev–Trinajstić information content (AvgIpc) is 3.21. The molecule has 1 aliphatic heterocycles. The first-order valence-electron chi connectivity index (χ1n) is 8.77. The standard InChI is InChI=1S/C19H22N2O3S/c22-17-5-4-14-8-21(9-15(14)7-17)10-16-11-25-18(20-16)12-2-1-3-13(6-12)19(23)24/h1-3,6,11,14-15,17,22H,4-5,7-10H2,(H,23,24)/t14-,15+,17-/m1/s1. The molecule has 1 aromatic carbocycles. The highest BCUT2D eigenvalue weighted by Crippen LogP contribution is 2.37. The third kappa shape index (κ3) is 3.61. The lowest BCUT2D eigenvalue weighted by Gasteiger charge is -2.27. The van der Waals surface area contributed by atoms with Gasteiger partial charge < -0.3 is 10.2 Å². The summed E-state index contributed by atoms with van der Waals surface area (Å²) in [5.41, 5.74) is 2.19. The van der Waals surface area contributed by atoms with Gasteiger partial charge in [-0.1, -0.05) is 12.1 Å². The first kappa shape index (κ1) is 16.7. The van der Waals surface area contributed by atoms with Crippen molar-refractivity contribution < 1.29 is 15.0 Å². The van der Waals surface area contributed by atoms with Gasteiger partial charge in [0.05, 0.1) is 17.4 Å². The summed E-state index contributed by atoms with van der Waals surface area (Å²) in [5.74, 6) is 0.420. The van der Waals surface area contributed by atoms with Crippen LogP contribution in [0.3, 0.4) is 0 Å². The predicted molar refractivity (Wildman–Crippen MR) is 96.6 cm³/mol. The number of aromatic nitrogens is 1. The smallest absolute Gasteiger partial charge is 0.335 e. The van der Waals surface area contributed by atoms with Crippen molar-refractivity contribution in [3.63, 3.8) is 0 Å². The van der Waals surface area contributed by atoms with Crippen molar-refractivity contribution in [1.29, 1.82) is 0 Å². The van der Waals surface area contributed by atoms with Crippen LogP contribution < -0.4 is 0 Å². The Morgan fingerprint density at radius 1 is 1.28 bits per heavy atom. The molecule has 2 N–H and O–H groups in total. The van der Waals surface area contributed by atoms with E-state index in [1.54, 1.807) is 29.5 Å². The van der Waals surface area contributed by atoms with Crippen LogP contribution in [0.1, 0.15) is 35.3 Å². The van der Waals surface area contributed by atoms with Crippen molar-refractivity contribution >= 4 is 17.3 Å². The molecular weight excluding hydrogens is 336 g/mol. The van der Waals surface area contributed by atoms with E-state index in [0.29, 0.717) is 11.8 Å². The number of rotatable bonds is 4. The molecule has 6 heteroatoms. The number of aromatic carboxylic acids is 1. The van der Waals surface area contributed by atoms with Crippen molar-refractivity contribution in [2.75, 3.05) is 13.1 Å². The zero-order chi connectivity index (χ0) is 17.4. The van der Waals surface area contributed by atoms with Crippen LogP contribution in [0, 0.1) is 11.8 Å². The highest BCUT2D eigenvalue weighted by atomic mass is 32.1. The highest BCUT2D eigenvalue weighted by Gasteiger charge is 2.37. The number of hydrogen-bond acceptors (Lipinski definition) is 5. The number of carboxylic acids is 1. The second kappa shape index (κ2) is 6.86. The molecular formula is C19H22N2O3S. The molecule has 0 radical (unpaired) electrons. The zero-order valence-electron chi connectivity index (χ0n) is 14.0. The first-order valence-corrected chi connectivity index (χ1v) is 9.65. The van der Waals surface area contributed by atoms with Gasteiger partial charge in [-0.25, -0.2) is 9.78 Å². The monoisotopic (exact) mass is 358 g/mol. The lowest BCUT2D eigenvalue weighted by atomic mass is 9.80. The summed E-state index contributed by atoms with van der Waals surface area (Å²) in [5, 5.41) is 21.9. The van der Waals surface area contributed by atoms with Gasteiger partial charge in [-0.15, -0.1) is 11.3 Å². The minimum Gasteiger partial charge on any atom is -0.478 e.